The fraction of sp³-hybridized carbons (Fsp3) is 1.00. The predicted molar refractivity (Wildman–Crippen MR) is 42.9 cm³/mol. The molecule has 0 unspecified atom stereocenters. The van der Waals surface area contributed by atoms with Crippen molar-refractivity contribution in [2.24, 2.45) is 0 Å². The minimum Gasteiger partial charge on any atom is -0.855 e. The monoisotopic (exact) mass is 206 g/mol. The molecule has 4 nitrogen and oxygen atoms in total. The maximum atomic E-state index is 8.93. The van der Waals surface area contributed by atoms with Crippen molar-refractivity contribution in [3.05, 3.63) is 0 Å². The van der Waals surface area contributed by atoms with Crippen LogP contribution in [0.2, 0.25) is 0 Å². The van der Waals surface area contributed by atoms with Crippen molar-refractivity contribution in [1.29, 1.82) is 0 Å². The largest absolute Gasteiger partial charge is 1.00 e. The Bertz CT molecular complexity index is 61.5. The summed E-state index contributed by atoms with van der Waals surface area (Å²) in [5.74, 6) is 0. The van der Waals surface area contributed by atoms with Crippen LogP contribution in [0.5, 0.6) is 0 Å². The van der Waals surface area contributed by atoms with E-state index in [2.05, 4.69) is 9.05 Å². The summed E-state index contributed by atoms with van der Waals surface area (Å²) in [6.07, 6.45) is 0. The molecule has 0 aromatic carbocycles. The van der Waals surface area contributed by atoms with Crippen LogP contribution in [0.25, 0.3) is 0 Å². The van der Waals surface area contributed by atoms with Crippen LogP contribution in [0, 0.1) is 0 Å². The number of hydrogen-bond donors (Lipinski definition) is 1. The van der Waals surface area contributed by atoms with E-state index in [0.29, 0.717) is 13.2 Å². The van der Waals surface area contributed by atoms with E-state index in [4.69, 9.17) is 10.00 Å². The number of hydrogen-bond acceptors (Lipinski definition) is 4. The predicted octanol–water partition coefficient (Wildman–Crippen LogP) is -2.35. The summed E-state index contributed by atoms with van der Waals surface area (Å²) in [6, 6.07) is 0. The van der Waals surface area contributed by atoms with E-state index in [1.165, 1.54) is 0 Å². The maximum Gasteiger partial charge on any atom is 1.00 e. The van der Waals surface area contributed by atoms with Gasteiger partial charge in [0.1, 0.15) is 0 Å². The van der Waals surface area contributed by atoms with Crippen LogP contribution in [-0.4, -0.2) is 24.7 Å². The van der Waals surface area contributed by atoms with Gasteiger partial charge in [-0.3, -0.25) is 0 Å². The average Bonchev–Trinajstić information content (AvgIpc) is 1.90. The van der Waals surface area contributed by atoms with E-state index >= 15 is 0 Å². The molecule has 0 aromatic heterocycles. The minimum absolute atomic E-state index is 0. The second-order valence-corrected chi connectivity index (χ2v) is 2.35. The molecule has 0 amide bonds. The first-order chi connectivity index (χ1) is 5.22. The zero-order valence-corrected chi connectivity index (χ0v) is 11.1. The van der Waals surface area contributed by atoms with Crippen LogP contribution in [-0.2, 0) is 9.05 Å². The molecule has 12 heavy (non-hydrogen) atoms. The summed E-state index contributed by atoms with van der Waals surface area (Å²) in [4.78, 5) is 8.67. The van der Waals surface area contributed by atoms with Crippen LogP contribution in [0.15, 0.2) is 0 Å². The van der Waals surface area contributed by atoms with E-state index in [1.54, 1.807) is 6.92 Å². The van der Waals surface area contributed by atoms with E-state index < -0.39 is 8.60 Å². The van der Waals surface area contributed by atoms with Gasteiger partial charge in [0.2, 0.25) is 0 Å². The second kappa shape index (κ2) is 18.1. The molecule has 0 bridgehead atoms. The fourth-order valence-electron chi connectivity index (χ4n) is 0.258. The zero-order chi connectivity index (χ0) is 9.11. The first-order valence-corrected chi connectivity index (χ1v) is 4.68. The first-order valence-electron chi connectivity index (χ1n) is 3.55. The average molecular weight is 206 g/mol. The Balaban J connectivity index is -0.000000177. The molecule has 0 saturated heterocycles. The molecule has 6 heteroatoms. The van der Waals surface area contributed by atoms with Gasteiger partial charge in [-0.15, -0.1) is 6.61 Å². The van der Waals surface area contributed by atoms with Gasteiger partial charge in [-0.1, -0.05) is 6.92 Å². The topological polar surface area (TPSA) is 61.8 Å². The molecule has 0 aliphatic rings. The first kappa shape index (κ1) is 18.9. The van der Waals surface area contributed by atoms with Gasteiger partial charge in [0, 0.05) is 0 Å². The molecule has 0 radical (unpaired) electrons. The SMILES string of the molecule is CCOP(O)OCC.CC[O-].[Na+]. The Morgan fingerprint density at radius 2 is 1.42 bits per heavy atom. The van der Waals surface area contributed by atoms with Gasteiger partial charge in [0.15, 0.2) is 0 Å². The minimum atomic E-state index is -1.58. The molecule has 0 saturated carbocycles. The van der Waals surface area contributed by atoms with Crippen molar-refractivity contribution in [2.75, 3.05) is 19.8 Å². The Labute approximate surface area is 97.6 Å². The normalized spacial score (nSPS) is 8.50. The molecule has 0 aromatic rings. The van der Waals surface area contributed by atoms with Gasteiger partial charge >= 0.3 is 38.2 Å². The van der Waals surface area contributed by atoms with Gasteiger partial charge in [0.25, 0.3) is 0 Å². The molecular formula is C6H16NaO4P. The van der Waals surface area contributed by atoms with Crippen molar-refractivity contribution >= 4 is 8.60 Å². The van der Waals surface area contributed by atoms with E-state index in [0.717, 1.165) is 0 Å². The fourth-order valence-corrected chi connectivity index (χ4v) is 0.774. The molecule has 0 fully saturated rings. The van der Waals surface area contributed by atoms with Crippen molar-refractivity contribution in [1.82, 2.24) is 0 Å². The molecule has 70 valence electrons. The third-order valence-corrected chi connectivity index (χ3v) is 1.44. The molecule has 0 atom stereocenters. The van der Waals surface area contributed by atoms with Gasteiger partial charge in [0.05, 0.1) is 13.2 Å². The molecule has 0 aliphatic heterocycles. The number of rotatable bonds is 4. The van der Waals surface area contributed by atoms with Crippen molar-refractivity contribution in [3.63, 3.8) is 0 Å². The molecule has 0 heterocycles. The van der Waals surface area contributed by atoms with E-state index in [1.807, 2.05) is 13.8 Å². The summed E-state index contributed by atoms with van der Waals surface area (Å²) in [5.41, 5.74) is 0. The summed E-state index contributed by atoms with van der Waals surface area (Å²) >= 11 is 0. The summed E-state index contributed by atoms with van der Waals surface area (Å²) in [6.45, 7) is 6.19. The quantitative estimate of drug-likeness (QED) is 0.413. The summed E-state index contributed by atoms with van der Waals surface area (Å²) < 4.78 is 9.36. The third kappa shape index (κ3) is 22.5. The van der Waals surface area contributed by atoms with Gasteiger partial charge < -0.3 is 19.0 Å². The Morgan fingerprint density at radius 1 is 1.17 bits per heavy atom. The molecule has 0 rings (SSSR count). The molecular weight excluding hydrogens is 190 g/mol. The third-order valence-electron chi connectivity index (χ3n) is 0.479. The smallest absolute Gasteiger partial charge is 0.855 e. The van der Waals surface area contributed by atoms with Crippen LogP contribution in [0.3, 0.4) is 0 Å². The molecule has 1 N–H and O–H groups in total. The molecule has 0 spiro atoms. The second-order valence-electron chi connectivity index (χ2n) is 1.36. The Hall–Kier alpha value is 1.27. The van der Waals surface area contributed by atoms with Crippen molar-refractivity contribution in [3.8, 4) is 0 Å². The Kier molecular flexibility index (Phi) is 28.6. The maximum absolute atomic E-state index is 8.93. The standard InChI is InChI=1S/C4H11O3P.C2H5O.Na/c1-3-6-8(5)7-4-2;1-2-3;/h5H,3-4H2,1-2H3;2H2,1H3;/q;-1;+1. The van der Waals surface area contributed by atoms with E-state index in [9.17, 15) is 0 Å². The summed E-state index contributed by atoms with van der Waals surface area (Å²) in [5, 5.41) is 8.93. The van der Waals surface area contributed by atoms with Crippen LogP contribution >= 0.6 is 8.60 Å². The summed E-state index contributed by atoms with van der Waals surface area (Å²) in [7, 11) is -1.58. The molecule has 0 aliphatic carbocycles. The van der Waals surface area contributed by atoms with Crippen LogP contribution in [0.4, 0.5) is 0 Å². The van der Waals surface area contributed by atoms with Gasteiger partial charge in [-0.2, -0.15) is 0 Å². The van der Waals surface area contributed by atoms with Crippen molar-refractivity contribution < 1.29 is 48.6 Å². The zero-order valence-electron chi connectivity index (χ0n) is 8.24. The van der Waals surface area contributed by atoms with Gasteiger partial charge in [-0.25, -0.2) is 0 Å². The van der Waals surface area contributed by atoms with Gasteiger partial charge in [-0.05, 0) is 13.8 Å². The van der Waals surface area contributed by atoms with Crippen LogP contribution in [0.1, 0.15) is 20.8 Å². The van der Waals surface area contributed by atoms with Crippen LogP contribution < -0.4 is 34.7 Å². The van der Waals surface area contributed by atoms with E-state index in [-0.39, 0.29) is 36.2 Å². The Morgan fingerprint density at radius 3 is 1.58 bits per heavy atom. The van der Waals surface area contributed by atoms with Crippen molar-refractivity contribution in [2.45, 2.75) is 20.8 Å².